The minimum absolute atomic E-state index is 0.0491. The predicted molar refractivity (Wildman–Crippen MR) is 71.8 cm³/mol. The van der Waals surface area contributed by atoms with Gasteiger partial charge in [0.25, 0.3) is 10.0 Å². The van der Waals surface area contributed by atoms with Gasteiger partial charge >= 0.3 is 0 Å². The molecule has 0 aliphatic rings. The van der Waals surface area contributed by atoms with Crippen molar-refractivity contribution >= 4 is 21.5 Å². The van der Waals surface area contributed by atoms with Crippen molar-refractivity contribution in [2.75, 3.05) is 10.1 Å². The standard InChI is InChI=1S/C11H13N5O2S/c1-8-4-9(6-13-5-8)16-19(17,18)10-2-3-11(15-12)14-7-10/h2-7,16H,12H2,1H3,(H,14,15). The first kappa shape index (κ1) is 13.2. The number of nitrogens with zero attached hydrogens (tertiary/aromatic N) is 2. The van der Waals surface area contributed by atoms with E-state index >= 15 is 0 Å². The molecule has 19 heavy (non-hydrogen) atoms. The lowest BCUT2D eigenvalue weighted by Crippen LogP contribution is -2.14. The predicted octanol–water partition coefficient (Wildman–Crippen LogP) is 0.871. The molecule has 0 aliphatic carbocycles. The molecule has 0 saturated carbocycles. The minimum Gasteiger partial charge on any atom is -0.308 e. The number of pyridine rings is 2. The topological polar surface area (TPSA) is 110 Å². The van der Waals surface area contributed by atoms with Gasteiger partial charge in [-0.05, 0) is 30.7 Å². The molecule has 0 unspecified atom stereocenters. The van der Waals surface area contributed by atoms with Gasteiger partial charge in [-0.25, -0.2) is 19.2 Å². The first-order valence-corrected chi connectivity index (χ1v) is 6.87. The van der Waals surface area contributed by atoms with Crippen molar-refractivity contribution in [1.29, 1.82) is 0 Å². The summed E-state index contributed by atoms with van der Waals surface area (Å²) in [6.07, 6.45) is 4.30. The van der Waals surface area contributed by atoms with Crippen LogP contribution in [0.4, 0.5) is 11.5 Å². The molecule has 2 aromatic rings. The molecule has 0 bridgehead atoms. The van der Waals surface area contributed by atoms with Gasteiger partial charge in [0.2, 0.25) is 0 Å². The van der Waals surface area contributed by atoms with Crippen molar-refractivity contribution in [3.05, 3.63) is 42.4 Å². The molecule has 7 nitrogen and oxygen atoms in total. The highest BCUT2D eigenvalue weighted by atomic mass is 32.2. The summed E-state index contributed by atoms with van der Waals surface area (Å²) in [5.74, 6) is 5.55. The van der Waals surface area contributed by atoms with Gasteiger partial charge in [0.15, 0.2) is 0 Å². The van der Waals surface area contributed by atoms with Crippen molar-refractivity contribution in [2.24, 2.45) is 5.84 Å². The fourth-order valence-corrected chi connectivity index (χ4v) is 2.43. The molecule has 2 aromatic heterocycles. The van der Waals surface area contributed by atoms with E-state index < -0.39 is 10.0 Å². The van der Waals surface area contributed by atoms with Crippen LogP contribution in [-0.4, -0.2) is 18.4 Å². The molecule has 0 radical (unpaired) electrons. The quantitative estimate of drug-likeness (QED) is 0.566. The number of nitrogens with two attached hydrogens (primary N) is 1. The second-order valence-corrected chi connectivity index (χ2v) is 5.56. The van der Waals surface area contributed by atoms with Crippen LogP contribution in [0.5, 0.6) is 0 Å². The Labute approximate surface area is 110 Å². The van der Waals surface area contributed by atoms with Gasteiger partial charge in [-0.3, -0.25) is 9.71 Å². The fraction of sp³-hybridized carbons (Fsp3) is 0.0909. The molecule has 100 valence electrons. The van der Waals surface area contributed by atoms with E-state index in [1.165, 1.54) is 24.5 Å². The van der Waals surface area contributed by atoms with Crippen molar-refractivity contribution in [1.82, 2.24) is 9.97 Å². The van der Waals surface area contributed by atoms with E-state index in [-0.39, 0.29) is 4.90 Å². The number of rotatable bonds is 4. The third-order valence-corrected chi connectivity index (χ3v) is 3.69. The summed E-state index contributed by atoms with van der Waals surface area (Å²) in [6.45, 7) is 1.83. The first-order valence-electron chi connectivity index (χ1n) is 5.38. The Hall–Kier alpha value is -2.19. The monoisotopic (exact) mass is 279 g/mol. The van der Waals surface area contributed by atoms with Gasteiger partial charge in [0, 0.05) is 12.4 Å². The van der Waals surface area contributed by atoms with Crippen molar-refractivity contribution in [2.45, 2.75) is 11.8 Å². The Morgan fingerprint density at radius 1 is 1.21 bits per heavy atom. The maximum absolute atomic E-state index is 12.1. The summed E-state index contributed by atoms with van der Waals surface area (Å²) in [7, 11) is -3.68. The Balaban J connectivity index is 2.27. The number of aryl methyl sites for hydroxylation is 1. The van der Waals surface area contributed by atoms with Crippen LogP contribution in [0.1, 0.15) is 5.56 Å². The molecular formula is C11H13N5O2S. The molecule has 2 rings (SSSR count). The van der Waals surface area contributed by atoms with Gasteiger partial charge in [0.05, 0.1) is 11.9 Å². The first-order chi connectivity index (χ1) is 9.01. The van der Waals surface area contributed by atoms with Crippen LogP contribution in [0.25, 0.3) is 0 Å². The Morgan fingerprint density at radius 2 is 2.00 bits per heavy atom. The van der Waals surface area contributed by atoms with E-state index in [2.05, 4.69) is 20.1 Å². The van der Waals surface area contributed by atoms with Crippen molar-refractivity contribution < 1.29 is 8.42 Å². The summed E-state index contributed by atoms with van der Waals surface area (Å²) in [6, 6.07) is 4.57. The lowest BCUT2D eigenvalue weighted by molar-refractivity contribution is 0.601. The van der Waals surface area contributed by atoms with Crippen molar-refractivity contribution in [3.8, 4) is 0 Å². The average molecular weight is 279 g/mol. The zero-order valence-corrected chi connectivity index (χ0v) is 11.0. The van der Waals surface area contributed by atoms with Crippen LogP contribution in [0.15, 0.2) is 41.7 Å². The second-order valence-electron chi connectivity index (χ2n) is 3.88. The van der Waals surface area contributed by atoms with Crippen LogP contribution in [0.2, 0.25) is 0 Å². The molecule has 4 N–H and O–H groups in total. The molecule has 8 heteroatoms. The van der Waals surface area contributed by atoms with E-state index in [4.69, 9.17) is 5.84 Å². The van der Waals surface area contributed by atoms with Crippen LogP contribution < -0.4 is 16.0 Å². The SMILES string of the molecule is Cc1cncc(NS(=O)(=O)c2ccc(NN)nc2)c1. The molecular weight excluding hydrogens is 266 g/mol. The summed E-state index contributed by atoms with van der Waals surface area (Å²) in [4.78, 5) is 7.82. The van der Waals surface area contributed by atoms with Gasteiger partial charge < -0.3 is 5.43 Å². The maximum Gasteiger partial charge on any atom is 0.263 e. The molecule has 0 amide bonds. The second kappa shape index (κ2) is 5.21. The minimum atomic E-state index is -3.68. The number of aromatic nitrogens is 2. The molecule has 0 spiro atoms. The zero-order chi connectivity index (χ0) is 13.9. The summed E-state index contributed by atoms with van der Waals surface area (Å²) < 4.78 is 26.6. The number of hydrogen-bond donors (Lipinski definition) is 3. The number of nitrogens with one attached hydrogen (secondary N) is 2. The Bertz CT molecular complexity index is 670. The summed E-state index contributed by atoms with van der Waals surface area (Å²) in [5.41, 5.74) is 3.59. The van der Waals surface area contributed by atoms with Crippen LogP contribution in [0, 0.1) is 6.92 Å². The lowest BCUT2D eigenvalue weighted by Gasteiger charge is -2.08. The number of hydrazine groups is 1. The van der Waals surface area contributed by atoms with E-state index in [0.717, 1.165) is 5.56 Å². The van der Waals surface area contributed by atoms with Gasteiger partial charge in [-0.15, -0.1) is 0 Å². The smallest absolute Gasteiger partial charge is 0.263 e. The summed E-state index contributed by atoms with van der Waals surface area (Å²) >= 11 is 0. The molecule has 0 atom stereocenters. The maximum atomic E-state index is 12.1. The molecule has 2 heterocycles. The Kier molecular flexibility index (Phi) is 3.63. The van der Waals surface area contributed by atoms with Gasteiger partial charge in [-0.2, -0.15) is 0 Å². The van der Waals surface area contributed by atoms with Crippen molar-refractivity contribution in [3.63, 3.8) is 0 Å². The van der Waals surface area contributed by atoms with E-state index in [1.807, 2.05) is 6.92 Å². The third-order valence-electron chi connectivity index (χ3n) is 2.32. The highest BCUT2D eigenvalue weighted by Gasteiger charge is 2.14. The lowest BCUT2D eigenvalue weighted by atomic mass is 10.3. The van der Waals surface area contributed by atoms with Crippen LogP contribution in [-0.2, 0) is 10.0 Å². The van der Waals surface area contributed by atoms with Gasteiger partial charge in [-0.1, -0.05) is 0 Å². The molecule has 0 aromatic carbocycles. The highest BCUT2D eigenvalue weighted by molar-refractivity contribution is 7.92. The molecule has 0 saturated heterocycles. The molecule has 0 fully saturated rings. The largest absolute Gasteiger partial charge is 0.308 e. The zero-order valence-electron chi connectivity index (χ0n) is 10.2. The normalized spacial score (nSPS) is 11.1. The molecule has 0 aliphatic heterocycles. The fourth-order valence-electron chi connectivity index (χ4n) is 1.45. The number of sulfonamides is 1. The number of hydrogen-bond acceptors (Lipinski definition) is 6. The van der Waals surface area contributed by atoms with Crippen LogP contribution >= 0.6 is 0 Å². The van der Waals surface area contributed by atoms with E-state index in [9.17, 15) is 8.42 Å². The van der Waals surface area contributed by atoms with Gasteiger partial charge in [0.1, 0.15) is 10.7 Å². The average Bonchev–Trinajstić information content (AvgIpc) is 2.38. The number of nitrogen functional groups attached to an aromatic ring is 1. The third kappa shape index (κ3) is 3.18. The highest BCUT2D eigenvalue weighted by Crippen LogP contribution is 2.16. The summed E-state index contributed by atoms with van der Waals surface area (Å²) in [5, 5.41) is 0. The van der Waals surface area contributed by atoms with Crippen LogP contribution in [0.3, 0.4) is 0 Å². The number of anilines is 2. The Morgan fingerprint density at radius 3 is 2.58 bits per heavy atom. The van der Waals surface area contributed by atoms with E-state index in [1.54, 1.807) is 12.3 Å². The van der Waals surface area contributed by atoms with E-state index in [0.29, 0.717) is 11.5 Å².